The van der Waals surface area contributed by atoms with E-state index in [4.69, 9.17) is 0 Å². The van der Waals surface area contributed by atoms with Crippen LogP contribution in [0.1, 0.15) is 26.2 Å². The fourth-order valence-electron chi connectivity index (χ4n) is 3.53. The molecule has 0 atom stereocenters. The molecule has 0 aliphatic carbocycles. The first kappa shape index (κ1) is 21.4. The number of amides is 1. The number of carbonyl (C=O) groups excluding carboxylic acids is 1. The van der Waals surface area contributed by atoms with Gasteiger partial charge in [-0.25, -0.2) is 4.98 Å². The van der Waals surface area contributed by atoms with Crippen molar-refractivity contribution in [2.24, 2.45) is 0 Å². The fraction of sp³-hybridized carbons (Fsp3) is 0.571. The van der Waals surface area contributed by atoms with Crippen molar-refractivity contribution in [1.82, 2.24) is 19.4 Å². The number of carbonyl (C=O) groups is 1. The van der Waals surface area contributed by atoms with Crippen LogP contribution >= 0.6 is 0 Å². The monoisotopic (exact) mass is 401 g/mol. The number of hydrogen-bond acceptors (Lipinski definition) is 6. The van der Waals surface area contributed by atoms with Crippen molar-refractivity contribution in [1.29, 1.82) is 0 Å². The van der Waals surface area contributed by atoms with Gasteiger partial charge in [-0.1, -0.05) is 6.92 Å². The van der Waals surface area contributed by atoms with Crippen LogP contribution in [0.3, 0.4) is 0 Å². The van der Waals surface area contributed by atoms with Crippen LogP contribution in [0.5, 0.6) is 0 Å². The first-order valence-electron chi connectivity index (χ1n) is 10.2. The van der Waals surface area contributed by atoms with E-state index in [-0.39, 0.29) is 18.0 Å². The minimum atomic E-state index is -0.884. The molecule has 0 radical (unpaired) electrons. The third-order valence-corrected chi connectivity index (χ3v) is 5.75. The first-order chi connectivity index (χ1) is 13.8. The molecule has 1 aromatic carbocycles. The Bertz CT molecular complexity index is 918. The van der Waals surface area contributed by atoms with E-state index in [0.29, 0.717) is 42.4 Å². The lowest BCUT2D eigenvalue weighted by Crippen LogP contribution is -2.46. The van der Waals surface area contributed by atoms with Gasteiger partial charge in [0.1, 0.15) is 0 Å². The number of anilines is 1. The molecule has 1 aliphatic rings. The second kappa shape index (κ2) is 9.02. The van der Waals surface area contributed by atoms with E-state index in [1.54, 1.807) is 18.2 Å². The zero-order valence-corrected chi connectivity index (χ0v) is 17.5. The number of piperidine rings is 1. The zero-order chi connectivity index (χ0) is 21.0. The van der Waals surface area contributed by atoms with Crippen LogP contribution in [0.4, 0.5) is 5.69 Å². The van der Waals surface area contributed by atoms with Crippen molar-refractivity contribution >= 4 is 22.5 Å². The Morgan fingerprint density at radius 1 is 1.34 bits per heavy atom. The zero-order valence-electron chi connectivity index (χ0n) is 17.5. The van der Waals surface area contributed by atoms with Gasteiger partial charge in [-0.2, -0.15) is 0 Å². The molecule has 8 heteroatoms. The molecule has 2 aromatic rings. The van der Waals surface area contributed by atoms with Crippen LogP contribution in [0, 0.1) is 0 Å². The number of likely N-dealkylation sites (tertiary alicyclic amines) is 1. The second-order valence-electron chi connectivity index (χ2n) is 8.13. The second-order valence-corrected chi connectivity index (χ2v) is 8.13. The Hall–Kier alpha value is -2.29. The summed E-state index contributed by atoms with van der Waals surface area (Å²) in [6.07, 6.45) is 3.16. The maximum absolute atomic E-state index is 12.9. The lowest BCUT2D eigenvalue weighted by molar-refractivity contribution is -0.116. The lowest BCUT2D eigenvalue weighted by atomic mass is 9.91. The van der Waals surface area contributed by atoms with Gasteiger partial charge in [-0.15, -0.1) is 0 Å². The van der Waals surface area contributed by atoms with E-state index in [0.717, 1.165) is 19.6 Å². The van der Waals surface area contributed by atoms with Gasteiger partial charge in [-0.05, 0) is 51.7 Å². The van der Waals surface area contributed by atoms with Crippen LogP contribution in [0.25, 0.3) is 10.9 Å². The van der Waals surface area contributed by atoms with Crippen LogP contribution < -0.4 is 10.9 Å². The van der Waals surface area contributed by atoms with Gasteiger partial charge in [0.2, 0.25) is 5.91 Å². The summed E-state index contributed by atoms with van der Waals surface area (Å²) in [4.78, 5) is 33.6. The summed E-state index contributed by atoms with van der Waals surface area (Å²) in [6, 6.07) is 5.13. The van der Waals surface area contributed by atoms with Gasteiger partial charge in [0.25, 0.3) is 5.56 Å². The molecule has 29 heavy (non-hydrogen) atoms. The van der Waals surface area contributed by atoms with Crippen molar-refractivity contribution in [3.8, 4) is 0 Å². The van der Waals surface area contributed by atoms with Crippen LogP contribution in [0.2, 0.25) is 0 Å². The largest absolute Gasteiger partial charge is 0.388 e. The number of aliphatic hydroxyl groups is 1. The van der Waals surface area contributed by atoms with Gasteiger partial charge in [-0.3, -0.25) is 14.2 Å². The Morgan fingerprint density at radius 3 is 2.76 bits per heavy atom. The predicted octanol–water partition coefficient (Wildman–Crippen LogP) is 1.13. The first-order valence-corrected chi connectivity index (χ1v) is 10.2. The van der Waals surface area contributed by atoms with Crippen molar-refractivity contribution in [2.75, 3.05) is 45.6 Å². The molecule has 3 rings (SSSR count). The maximum Gasteiger partial charge on any atom is 0.261 e. The normalized spacial score (nSPS) is 17.0. The summed E-state index contributed by atoms with van der Waals surface area (Å²) in [6.45, 7) is 5.49. The number of aromatic nitrogens is 2. The summed E-state index contributed by atoms with van der Waals surface area (Å²) in [5.41, 5.74) is 0.0979. The molecule has 2 heterocycles. The van der Waals surface area contributed by atoms with E-state index < -0.39 is 5.60 Å². The minimum Gasteiger partial charge on any atom is -0.388 e. The average molecular weight is 402 g/mol. The third-order valence-electron chi connectivity index (χ3n) is 5.75. The standard InChI is InChI=1S/C21H31N5O3/c1-4-24(2)10-7-19(27)23-16-5-6-17-18(13-16)22-15-26(20(17)28)14-21(29)8-11-25(3)12-9-21/h5-6,13,15,29H,4,7-12,14H2,1-3H3,(H,23,27). The maximum atomic E-state index is 12.9. The van der Waals surface area contributed by atoms with Crippen molar-refractivity contribution in [2.45, 2.75) is 38.3 Å². The molecule has 0 unspecified atom stereocenters. The molecule has 1 saturated heterocycles. The SMILES string of the molecule is CCN(C)CCC(=O)Nc1ccc2c(=O)n(CC3(O)CCN(C)CC3)cnc2c1. The summed E-state index contributed by atoms with van der Waals surface area (Å²) in [5, 5.41) is 14.2. The molecule has 0 saturated carbocycles. The molecular weight excluding hydrogens is 370 g/mol. The molecule has 0 spiro atoms. The number of nitrogens with one attached hydrogen (secondary N) is 1. The van der Waals surface area contributed by atoms with E-state index in [1.807, 2.05) is 21.0 Å². The Balaban J connectivity index is 1.72. The van der Waals surface area contributed by atoms with Crippen molar-refractivity contribution in [3.05, 3.63) is 34.9 Å². The minimum absolute atomic E-state index is 0.0671. The predicted molar refractivity (Wildman–Crippen MR) is 114 cm³/mol. The highest BCUT2D eigenvalue weighted by atomic mass is 16.3. The molecule has 1 aliphatic heterocycles. The molecule has 0 bridgehead atoms. The topological polar surface area (TPSA) is 90.7 Å². The van der Waals surface area contributed by atoms with Gasteiger partial charge in [0.15, 0.2) is 0 Å². The lowest BCUT2D eigenvalue weighted by Gasteiger charge is -2.36. The van der Waals surface area contributed by atoms with E-state index in [2.05, 4.69) is 20.1 Å². The van der Waals surface area contributed by atoms with E-state index >= 15 is 0 Å². The van der Waals surface area contributed by atoms with Crippen molar-refractivity contribution < 1.29 is 9.90 Å². The molecule has 1 amide bonds. The van der Waals surface area contributed by atoms with E-state index in [1.165, 1.54) is 10.9 Å². The molecule has 158 valence electrons. The quantitative estimate of drug-likeness (QED) is 0.723. The van der Waals surface area contributed by atoms with Gasteiger partial charge < -0.3 is 20.2 Å². The average Bonchev–Trinajstić information content (AvgIpc) is 2.71. The van der Waals surface area contributed by atoms with Gasteiger partial charge in [0.05, 0.1) is 29.4 Å². The summed E-state index contributed by atoms with van der Waals surface area (Å²) >= 11 is 0. The highest BCUT2D eigenvalue weighted by Crippen LogP contribution is 2.23. The summed E-state index contributed by atoms with van der Waals surface area (Å²) in [5.74, 6) is -0.0671. The molecule has 1 fully saturated rings. The number of rotatable bonds is 7. The van der Waals surface area contributed by atoms with Crippen LogP contribution in [0.15, 0.2) is 29.3 Å². The Labute approximate surface area is 171 Å². The molecule has 1 aromatic heterocycles. The number of hydrogen-bond donors (Lipinski definition) is 2. The Morgan fingerprint density at radius 2 is 2.07 bits per heavy atom. The Kier molecular flexibility index (Phi) is 6.66. The molecule has 2 N–H and O–H groups in total. The third kappa shape index (κ3) is 5.41. The summed E-state index contributed by atoms with van der Waals surface area (Å²) < 4.78 is 1.49. The number of benzene rings is 1. The van der Waals surface area contributed by atoms with Crippen LogP contribution in [-0.2, 0) is 11.3 Å². The van der Waals surface area contributed by atoms with Gasteiger partial charge >= 0.3 is 0 Å². The summed E-state index contributed by atoms with van der Waals surface area (Å²) in [7, 11) is 4.00. The van der Waals surface area contributed by atoms with Crippen LogP contribution in [-0.4, -0.2) is 76.2 Å². The smallest absolute Gasteiger partial charge is 0.261 e. The molecular formula is C21H31N5O3. The van der Waals surface area contributed by atoms with E-state index in [9.17, 15) is 14.7 Å². The highest BCUT2D eigenvalue weighted by molar-refractivity contribution is 5.93. The fourth-order valence-corrected chi connectivity index (χ4v) is 3.53. The highest BCUT2D eigenvalue weighted by Gasteiger charge is 2.32. The van der Waals surface area contributed by atoms with Gasteiger partial charge in [0, 0.05) is 31.7 Å². The molecule has 8 nitrogen and oxygen atoms in total. The number of fused-ring (bicyclic) bond motifs is 1. The number of nitrogens with zero attached hydrogens (tertiary/aromatic N) is 4. The van der Waals surface area contributed by atoms with Crippen molar-refractivity contribution in [3.63, 3.8) is 0 Å².